The van der Waals surface area contributed by atoms with Gasteiger partial charge in [-0.25, -0.2) is 0 Å². The van der Waals surface area contributed by atoms with E-state index < -0.39 is 0 Å². The molecule has 0 spiro atoms. The summed E-state index contributed by atoms with van der Waals surface area (Å²) in [7, 11) is 0. The molecule has 5 nitrogen and oxygen atoms in total. The minimum absolute atomic E-state index is 0.0146. The van der Waals surface area contributed by atoms with Crippen molar-refractivity contribution in [2.75, 3.05) is 13.2 Å². The Morgan fingerprint density at radius 2 is 1.68 bits per heavy atom. The molecular formula is C14H18N2O3. The predicted molar refractivity (Wildman–Crippen MR) is 70.2 cm³/mol. The van der Waals surface area contributed by atoms with Crippen LogP contribution in [-0.4, -0.2) is 28.5 Å². The van der Waals surface area contributed by atoms with E-state index in [0.29, 0.717) is 31.2 Å². The molecule has 19 heavy (non-hydrogen) atoms. The summed E-state index contributed by atoms with van der Waals surface area (Å²) in [6, 6.07) is 6.10. The van der Waals surface area contributed by atoms with Crippen molar-refractivity contribution < 1.29 is 14.3 Å². The number of hydrogen-bond donors (Lipinski definition) is 1. The van der Waals surface area contributed by atoms with Crippen LogP contribution in [0.5, 0.6) is 5.75 Å². The molecule has 0 amide bonds. The SMILES string of the molecule is Cc1cc(C)cc(OCCc2nnc(CCO)o2)c1. The highest BCUT2D eigenvalue weighted by molar-refractivity contribution is 5.32. The highest BCUT2D eigenvalue weighted by Crippen LogP contribution is 2.16. The Morgan fingerprint density at radius 3 is 2.32 bits per heavy atom. The molecule has 0 radical (unpaired) electrons. The fraction of sp³-hybridized carbons (Fsp3) is 0.429. The lowest BCUT2D eigenvalue weighted by atomic mass is 10.1. The van der Waals surface area contributed by atoms with Crippen molar-refractivity contribution in [1.29, 1.82) is 0 Å². The Bertz CT molecular complexity index is 517. The maximum atomic E-state index is 8.75. The van der Waals surface area contributed by atoms with Gasteiger partial charge in [-0.2, -0.15) is 0 Å². The third-order valence-electron chi connectivity index (χ3n) is 2.61. The number of ether oxygens (including phenoxy) is 1. The van der Waals surface area contributed by atoms with Gasteiger partial charge in [0.05, 0.1) is 19.6 Å². The van der Waals surface area contributed by atoms with Gasteiger partial charge in [0.25, 0.3) is 0 Å². The van der Waals surface area contributed by atoms with Gasteiger partial charge >= 0.3 is 0 Å². The van der Waals surface area contributed by atoms with Crippen LogP contribution in [0.4, 0.5) is 0 Å². The van der Waals surface area contributed by atoms with E-state index in [0.717, 1.165) is 5.75 Å². The van der Waals surface area contributed by atoms with Crippen molar-refractivity contribution in [2.45, 2.75) is 26.7 Å². The van der Waals surface area contributed by atoms with Crippen LogP contribution >= 0.6 is 0 Å². The maximum Gasteiger partial charge on any atom is 0.219 e. The maximum absolute atomic E-state index is 8.75. The first-order valence-corrected chi connectivity index (χ1v) is 6.30. The molecule has 102 valence electrons. The molecule has 0 unspecified atom stereocenters. The molecule has 1 aromatic heterocycles. The lowest BCUT2D eigenvalue weighted by molar-refractivity contribution is 0.278. The summed E-state index contributed by atoms with van der Waals surface area (Å²) in [6.07, 6.45) is 0.955. The molecule has 0 bridgehead atoms. The van der Waals surface area contributed by atoms with E-state index >= 15 is 0 Å². The first-order valence-electron chi connectivity index (χ1n) is 6.30. The van der Waals surface area contributed by atoms with E-state index in [1.165, 1.54) is 11.1 Å². The van der Waals surface area contributed by atoms with Crippen molar-refractivity contribution in [3.05, 3.63) is 41.1 Å². The van der Waals surface area contributed by atoms with Gasteiger partial charge < -0.3 is 14.3 Å². The van der Waals surface area contributed by atoms with Gasteiger partial charge in [-0.15, -0.1) is 10.2 Å². The Kier molecular flexibility index (Phi) is 4.52. The number of rotatable bonds is 6. The van der Waals surface area contributed by atoms with Crippen LogP contribution in [0.2, 0.25) is 0 Å². The monoisotopic (exact) mass is 262 g/mol. The standard InChI is InChI=1S/C14H18N2O3/c1-10-7-11(2)9-12(8-10)18-6-4-14-16-15-13(19-14)3-5-17/h7-9,17H,3-6H2,1-2H3. The molecule has 0 fully saturated rings. The largest absolute Gasteiger partial charge is 0.493 e. The highest BCUT2D eigenvalue weighted by Gasteiger charge is 2.05. The number of aryl methyl sites for hydroxylation is 2. The molecule has 0 aliphatic rings. The summed E-state index contributed by atoms with van der Waals surface area (Å²) in [6.45, 7) is 4.59. The number of hydrogen-bond acceptors (Lipinski definition) is 5. The van der Waals surface area contributed by atoms with Gasteiger partial charge in [0.1, 0.15) is 5.75 Å². The van der Waals surface area contributed by atoms with Gasteiger partial charge in [0, 0.05) is 6.42 Å². The minimum Gasteiger partial charge on any atom is -0.493 e. The fourth-order valence-corrected chi connectivity index (χ4v) is 1.86. The van der Waals surface area contributed by atoms with E-state index in [-0.39, 0.29) is 6.61 Å². The van der Waals surface area contributed by atoms with Crippen LogP contribution in [0.15, 0.2) is 22.6 Å². The second kappa shape index (κ2) is 6.33. The zero-order valence-corrected chi connectivity index (χ0v) is 11.2. The van der Waals surface area contributed by atoms with E-state index in [1.807, 2.05) is 26.0 Å². The van der Waals surface area contributed by atoms with Crippen molar-refractivity contribution in [3.8, 4) is 5.75 Å². The van der Waals surface area contributed by atoms with E-state index in [4.69, 9.17) is 14.3 Å². The number of aliphatic hydroxyl groups excluding tert-OH is 1. The van der Waals surface area contributed by atoms with Crippen LogP contribution in [0.25, 0.3) is 0 Å². The second-order valence-corrected chi connectivity index (χ2v) is 4.49. The minimum atomic E-state index is 0.0146. The molecule has 1 N–H and O–H groups in total. The number of nitrogens with zero attached hydrogens (tertiary/aromatic N) is 2. The van der Waals surface area contributed by atoms with Crippen molar-refractivity contribution in [1.82, 2.24) is 10.2 Å². The Labute approximate surface area is 112 Å². The Hall–Kier alpha value is -1.88. The molecule has 1 heterocycles. The predicted octanol–water partition coefficient (Wildman–Crippen LogP) is 1.84. The van der Waals surface area contributed by atoms with Gasteiger partial charge in [-0.1, -0.05) is 6.07 Å². The van der Waals surface area contributed by atoms with Crippen LogP contribution in [-0.2, 0) is 12.8 Å². The van der Waals surface area contributed by atoms with Crippen LogP contribution in [0, 0.1) is 13.8 Å². The summed E-state index contributed by atoms with van der Waals surface area (Å²) < 4.78 is 11.0. The second-order valence-electron chi connectivity index (χ2n) is 4.49. The normalized spacial score (nSPS) is 10.7. The smallest absolute Gasteiger partial charge is 0.219 e. The third-order valence-corrected chi connectivity index (χ3v) is 2.61. The lowest BCUT2D eigenvalue weighted by Crippen LogP contribution is -2.02. The van der Waals surface area contributed by atoms with Crippen molar-refractivity contribution in [2.24, 2.45) is 0 Å². The van der Waals surface area contributed by atoms with Gasteiger partial charge in [0.15, 0.2) is 0 Å². The summed E-state index contributed by atoms with van der Waals surface area (Å²) in [4.78, 5) is 0. The average molecular weight is 262 g/mol. The van der Waals surface area contributed by atoms with Gasteiger partial charge in [0.2, 0.25) is 11.8 Å². The molecule has 5 heteroatoms. The summed E-state index contributed by atoms with van der Waals surface area (Å²) in [5.41, 5.74) is 2.36. The van der Waals surface area contributed by atoms with Crippen molar-refractivity contribution >= 4 is 0 Å². The average Bonchev–Trinajstić information content (AvgIpc) is 2.76. The highest BCUT2D eigenvalue weighted by atomic mass is 16.5. The molecule has 0 aliphatic carbocycles. The fourth-order valence-electron chi connectivity index (χ4n) is 1.86. The summed E-state index contributed by atoms with van der Waals surface area (Å²) >= 11 is 0. The molecule has 0 saturated heterocycles. The topological polar surface area (TPSA) is 68.4 Å². The first-order chi connectivity index (χ1) is 9.17. The number of aliphatic hydroxyl groups is 1. The molecule has 0 aliphatic heterocycles. The Balaban J connectivity index is 1.85. The lowest BCUT2D eigenvalue weighted by Gasteiger charge is -2.06. The van der Waals surface area contributed by atoms with Gasteiger partial charge in [-0.3, -0.25) is 0 Å². The quantitative estimate of drug-likeness (QED) is 0.860. The number of aromatic nitrogens is 2. The van der Waals surface area contributed by atoms with E-state index in [1.54, 1.807) is 0 Å². The summed E-state index contributed by atoms with van der Waals surface area (Å²) in [5, 5.41) is 16.5. The molecule has 1 aromatic carbocycles. The summed E-state index contributed by atoms with van der Waals surface area (Å²) in [5.74, 6) is 1.85. The molecule has 0 atom stereocenters. The zero-order valence-electron chi connectivity index (χ0n) is 11.2. The molecular weight excluding hydrogens is 244 g/mol. The first kappa shape index (κ1) is 13.5. The van der Waals surface area contributed by atoms with Crippen molar-refractivity contribution in [3.63, 3.8) is 0 Å². The molecule has 0 saturated carbocycles. The number of benzene rings is 1. The molecule has 2 rings (SSSR count). The van der Waals surface area contributed by atoms with Crippen LogP contribution in [0.3, 0.4) is 0 Å². The molecule has 2 aromatic rings. The Morgan fingerprint density at radius 1 is 1.05 bits per heavy atom. The van der Waals surface area contributed by atoms with E-state index in [2.05, 4.69) is 16.3 Å². The van der Waals surface area contributed by atoms with Gasteiger partial charge in [-0.05, 0) is 37.1 Å². The van der Waals surface area contributed by atoms with Crippen LogP contribution in [0.1, 0.15) is 22.9 Å². The van der Waals surface area contributed by atoms with E-state index in [9.17, 15) is 0 Å². The zero-order chi connectivity index (χ0) is 13.7. The van der Waals surface area contributed by atoms with Crippen LogP contribution < -0.4 is 4.74 Å². The third kappa shape index (κ3) is 4.06.